The summed E-state index contributed by atoms with van der Waals surface area (Å²) in [5, 5.41) is 3.29. The number of hydrogen-bond acceptors (Lipinski definition) is 4. The number of aromatic amines is 1. The molecule has 0 saturated heterocycles. The number of nitrogens with zero attached hydrogens (tertiary/aromatic N) is 4. The van der Waals surface area contributed by atoms with E-state index >= 15 is 0 Å². The van der Waals surface area contributed by atoms with Crippen molar-refractivity contribution in [1.82, 2.24) is 14.9 Å². The third-order valence-corrected chi connectivity index (χ3v) is 5.08. The van der Waals surface area contributed by atoms with Crippen molar-refractivity contribution in [3.8, 4) is 0 Å². The average Bonchev–Trinajstić information content (AvgIpc) is 3.14. The second-order valence-electron chi connectivity index (χ2n) is 5.30. The smallest absolute Gasteiger partial charge is 0.166 e. The van der Waals surface area contributed by atoms with Gasteiger partial charge < -0.3 is 9.88 Å². The fraction of sp³-hybridized carbons (Fsp3) is 0.400. The summed E-state index contributed by atoms with van der Waals surface area (Å²) in [5.41, 5.74) is 3.90. The summed E-state index contributed by atoms with van der Waals surface area (Å²) in [6.45, 7) is 5.19. The van der Waals surface area contributed by atoms with Crippen molar-refractivity contribution in [1.29, 1.82) is 0 Å². The zero-order chi connectivity index (χ0) is 14.7. The Morgan fingerprint density at radius 1 is 1.38 bits per heavy atom. The quantitative estimate of drug-likeness (QED) is 0.759. The van der Waals surface area contributed by atoms with Gasteiger partial charge in [-0.2, -0.15) is 3.21 Å². The topological polar surface area (TPSA) is 47.0 Å². The van der Waals surface area contributed by atoms with Crippen LogP contribution in [0.5, 0.6) is 0 Å². The summed E-state index contributed by atoms with van der Waals surface area (Å²) in [6, 6.07) is 6.62. The molecule has 0 amide bonds. The summed E-state index contributed by atoms with van der Waals surface area (Å²) in [7, 11) is 2.16. The van der Waals surface area contributed by atoms with Crippen LogP contribution in [0.2, 0.25) is 0 Å². The first-order valence-corrected chi connectivity index (χ1v) is 9.11. The van der Waals surface area contributed by atoms with E-state index < -0.39 is 0 Å². The first kappa shape index (κ1) is 14.6. The molecule has 6 heteroatoms. The summed E-state index contributed by atoms with van der Waals surface area (Å²) in [6.07, 6.45) is 5.08. The van der Waals surface area contributed by atoms with Crippen LogP contribution in [0.4, 0.5) is 0 Å². The van der Waals surface area contributed by atoms with Crippen LogP contribution in [0.25, 0.3) is 10.9 Å². The number of aromatic nitrogens is 1. The lowest BCUT2D eigenvalue weighted by Gasteiger charge is -2.13. The van der Waals surface area contributed by atoms with E-state index in [0.29, 0.717) is 0 Å². The van der Waals surface area contributed by atoms with Gasteiger partial charge in [-0.05, 0) is 43.3 Å². The number of H-pyrrole nitrogens is 1. The molecule has 1 aliphatic heterocycles. The number of nitrogens with one attached hydrogen (secondary N) is 1. The van der Waals surface area contributed by atoms with E-state index in [-0.39, 0.29) is 21.3 Å². The highest BCUT2D eigenvalue weighted by Gasteiger charge is 2.08. The van der Waals surface area contributed by atoms with Crippen molar-refractivity contribution < 1.29 is 0 Å². The van der Waals surface area contributed by atoms with Gasteiger partial charge in [0.05, 0.1) is 6.54 Å². The summed E-state index contributed by atoms with van der Waals surface area (Å²) in [5.74, 6) is 0. The number of benzene rings is 1. The van der Waals surface area contributed by atoms with Crippen LogP contribution >= 0.6 is 21.3 Å². The Morgan fingerprint density at radius 3 is 3.05 bits per heavy atom. The van der Waals surface area contributed by atoms with Crippen LogP contribution < -0.4 is 0 Å². The molecule has 112 valence electrons. The molecule has 1 N–H and O–H groups in total. The van der Waals surface area contributed by atoms with E-state index in [1.165, 1.54) is 22.0 Å². The summed E-state index contributed by atoms with van der Waals surface area (Å²) >= 11 is -0.336. The van der Waals surface area contributed by atoms with Crippen molar-refractivity contribution >= 4 is 38.5 Å². The number of fused-ring (bicyclic) bond motifs is 1. The summed E-state index contributed by atoms with van der Waals surface area (Å²) < 4.78 is 8.62. The zero-order valence-electron chi connectivity index (χ0n) is 12.4. The SMILES string of the molecule is CCN(C)CCc1c[nH]c2ccc(CN3C=NI=N3)cc12. The molecule has 0 aliphatic carbocycles. The fourth-order valence-corrected chi connectivity index (χ4v) is 3.43. The molecule has 0 unspecified atom stereocenters. The molecule has 21 heavy (non-hydrogen) atoms. The van der Waals surface area contributed by atoms with Crippen LogP contribution in [0.15, 0.2) is 30.9 Å². The van der Waals surface area contributed by atoms with E-state index in [0.717, 1.165) is 26.1 Å². The highest BCUT2D eigenvalue weighted by Crippen LogP contribution is 2.22. The number of likely N-dealkylation sites (N-methyl/N-ethyl adjacent to an activating group) is 1. The van der Waals surface area contributed by atoms with E-state index in [4.69, 9.17) is 0 Å². The fourth-order valence-electron chi connectivity index (χ4n) is 2.41. The van der Waals surface area contributed by atoms with E-state index in [9.17, 15) is 0 Å². The van der Waals surface area contributed by atoms with Crippen molar-refractivity contribution in [2.75, 3.05) is 20.1 Å². The lowest BCUT2D eigenvalue weighted by atomic mass is 10.1. The second-order valence-corrected chi connectivity index (χ2v) is 6.72. The molecule has 2 aromatic rings. The number of hydrogen-bond donors (Lipinski definition) is 1. The van der Waals surface area contributed by atoms with Crippen LogP contribution in [0, 0.1) is 0 Å². The molecule has 2 heterocycles. The van der Waals surface area contributed by atoms with Gasteiger partial charge in [0.1, 0.15) is 6.34 Å². The molecule has 0 fully saturated rings. The van der Waals surface area contributed by atoms with Crippen molar-refractivity contribution in [2.45, 2.75) is 19.9 Å². The first-order valence-electron chi connectivity index (χ1n) is 7.18. The predicted molar refractivity (Wildman–Crippen MR) is 95.7 cm³/mol. The van der Waals surface area contributed by atoms with Gasteiger partial charge in [0, 0.05) is 23.6 Å². The lowest BCUT2D eigenvalue weighted by molar-refractivity contribution is 0.358. The molecule has 5 nitrogen and oxygen atoms in total. The maximum Gasteiger partial charge on any atom is 0.166 e. The Balaban J connectivity index is 1.78. The zero-order valence-corrected chi connectivity index (χ0v) is 14.5. The van der Waals surface area contributed by atoms with Crippen molar-refractivity contribution in [3.63, 3.8) is 0 Å². The molecule has 0 spiro atoms. The highest BCUT2D eigenvalue weighted by molar-refractivity contribution is 14.1. The Bertz CT molecular complexity index is 664. The summed E-state index contributed by atoms with van der Waals surface area (Å²) in [4.78, 5) is 5.71. The second kappa shape index (κ2) is 6.65. The van der Waals surface area contributed by atoms with Gasteiger partial charge in [0.2, 0.25) is 0 Å². The van der Waals surface area contributed by atoms with Gasteiger partial charge in [-0.25, -0.2) is 5.01 Å². The first-order chi connectivity index (χ1) is 10.3. The van der Waals surface area contributed by atoms with Crippen LogP contribution in [-0.2, 0) is 13.0 Å². The normalized spacial score (nSPS) is 14.3. The Hall–Kier alpha value is -1.28. The van der Waals surface area contributed by atoms with Crippen molar-refractivity contribution in [3.05, 3.63) is 35.5 Å². The lowest BCUT2D eigenvalue weighted by Crippen LogP contribution is -2.20. The van der Waals surface area contributed by atoms with Gasteiger partial charge in [-0.3, -0.25) is 0 Å². The molecule has 0 bridgehead atoms. The highest BCUT2D eigenvalue weighted by atomic mass is 127. The maximum absolute atomic E-state index is 4.40. The maximum atomic E-state index is 4.40. The number of halogens is 1. The monoisotopic (exact) mass is 397 g/mol. The standard InChI is InChI=1S/C15H20IN5/c1-3-20(2)7-6-13-9-17-15-5-4-12(8-14(13)15)10-21-11-18-16-19-21/h4-5,8-9,11,17H,3,6-7,10H2,1-2H3. The minimum absolute atomic E-state index is 0.336. The Labute approximate surface area is 135 Å². The molecule has 0 radical (unpaired) electrons. The van der Waals surface area contributed by atoms with E-state index in [2.05, 4.69) is 54.7 Å². The predicted octanol–water partition coefficient (Wildman–Crippen LogP) is 3.49. The third-order valence-electron chi connectivity index (χ3n) is 3.83. The van der Waals surface area contributed by atoms with Crippen LogP contribution in [0.3, 0.4) is 0 Å². The van der Waals surface area contributed by atoms with Gasteiger partial charge in [0.25, 0.3) is 0 Å². The molecule has 0 atom stereocenters. The third kappa shape index (κ3) is 3.49. The molecule has 1 aliphatic rings. The van der Waals surface area contributed by atoms with E-state index in [1.54, 1.807) is 0 Å². The Morgan fingerprint density at radius 2 is 2.29 bits per heavy atom. The van der Waals surface area contributed by atoms with Crippen LogP contribution in [-0.4, -0.2) is 41.4 Å². The minimum Gasteiger partial charge on any atom is -0.361 e. The molecule has 1 aromatic carbocycles. The average molecular weight is 397 g/mol. The molecule has 0 saturated carbocycles. The molecule has 3 rings (SSSR count). The minimum atomic E-state index is -0.336. The molecule has 1 aromatic heterocycles. The van der Waals surface area contributed by atoms with Gasteiger partial charge in [-0.1, -0.05) is 13.0 Å². The van der Waals surface area contributed by atoms with E-state index in [1.807, 2.05) is 11.3 Å². The molecular formula is C15H20IN5. The Kier molecular flexibility index (Phi) is 4.64. The van der Waals surface area contributed by atoms with Crippen molar-refractivity contribution in [2.24, 2.45) is 6.46 Å². The number of rotatable bonds is 6. The van der Waals surface area contributed by atoms with Gasteiger partial charge >= 0.3 is 0 Å². The van der Waals surface area contributed by atoms with Gasteiger partial charge in [-0.15, -0.1) is 3.25 Å². The van der Waals surface area contributed by atoms with Gasteiger partial charge in [0.15, 0.2) is 21.3 Å². The molecular weight excluding hydrogens is 377 g/mol. The van der Waals surface area contributed by atoms with Crippen LogP contribution in [0.1, 0.15) is 18.1 Å². The largest absolute Gasteiger partial charge is 0.361 e.